The van der Waals surface area contributed by atoms with Gasteiger partial charge >= 0.3 is 5.69 Å². The highest BCUT2D eigenvalue weighted by molar-refractivity contribution is 4.80. The molecule has 0 bridgehead atoms. The van der Waals surface area contributed by atoms with Crippen molar-refractivity contribution in [3.63, 3.8) is 0 Å². The number of aliphatic hydroxyl groups is 3. The molecule has 4 unspecified atom stereocenters. The van der Waals surface area contributed by atoms with E-state index in [9.17, 15) is 24.9 Å². The fraction of sp³-hybridized carbons (Fsp3) is 0.625. The van der Waals surface area contributed by atoms with Gasteiger partial charge in [0.05, 0.1) is 0 Å². The molecular formula is C8H11N3O6. The van der Waals surface area contributed by atoms with Crippen molar-refractivity contribution in [1.82, 2.24) is 14.8 Å². The number of aliphatic hydroxyl groups excluding tert-OH is 3. The predicted molar refractivity (Wildman–Crippen MR) is 51.9 cm³/mol. The van der Waals surface area contributed by atoms with E-state index in [-0.39, 0.29) is 6.42 Å². The van der Waals surface area contributed by atoms with Crippen LogP contribution in [0.2, 0.25) is 0 Å². The molecule has 1 aliphatic heterocycles. The number of hydrogen-bond donors (Lipinski definition) is 4. The molecule has 9 heteroatoms. The van der Waals surface area contributed by atoms with E-state index in [4.69, 9.17) is 4.74 Å². The van der Waals surface area contributed by atoms with Crippen LogP contribution in [-0.2, 0) is 4.74 Å². The third kappa shape index (κ3) is 2.26. The minimum atomic E-state index is -1.52. The van der Waals surface area contributed by atoms with E-state index in [1.54, 1.807) is 0 Å². The molecule has 0 radical (unpaired) electrons. The summed E-state index contributed by atoms with van der Waals surface area (Å²) < 4.78 is 5.55. The Bertz CT molecular complexity index is 510. The number of nitrogens with zero attached hydrogens (tertiary/aromatic N) is 2. The minimum absolute atomic E-state index is 0.168. The quantitative estimate of drug-likeness (QED) is 0.411. The van der Waals surface area contributed by atoms with Gasteiger partial charge in [-0.2, -0.15) is 9.78 Å². The van der Waals surface area contributed by atoms with E-state index in [2.05, 4.69) is 5.10 Å². The van der Waals surface area contributed by atoms with Crippen molar-refractivity contribution in [3.05, 3.63) is 27.0 Å². The van der Waals surface area contributed by atoms with Gasteiger partial charge in [0.15, 0.2) is 12.5 Å². The molecule has 4 N–H and O–H groups in total. The Kier molecular flexibility index (Phi) is 3.07. The van der Waals surface area contributed by atoms with Gasteiger partial charge in [0.1, 0.15) is 18.4 Å². The highest BCUT2D eigenvalue weighted by atomic mass is 16.6. The normalized spacial score (nSPS) is 33.6. The number of H-pyrrole nitrogens is 1. The summed E-state index contributed by atoms with van der Waals surface area (Å²) in [6.07, 6.45) is -4.56. The lowest BCUT2D eigenvalue weighted by molar-refractivity contribution is -0.270. The van der Waals surface area contributed by atoms with Crippen LogP contribution < -0.4 is 11.2 Å². The van der Waals surface area contributed by atoms with Crippen LogP contribution in [-0.4, -0.2) is 48.6 Å². The molecule has 1 fully saturated rings. The van der Waals surface area contributed by atoms with E-state index in [0.29, 0.717) is 4.68 Å². The molecular weight excluding hydrogens is 234 g/mol. The van der Waals surface area contributed by atoms with E-state index in [1.165, 1.54) is 0 Å². The smallest absolute Gasteiger partial charge is 0.347 e. The number of ether oxygens (including phenoxy) is 1. The molecule has 9 nitrogen and oxygen atoms in total. The SMILES string of the molecule is O=c1cnn(C2OC(O)C(O)CC2O)c(=O)[nH]1. The first-order valence-electron chi connectivity index (χ1n) is 4.87. The van der Waals surface area contributed by atoms with Gasteiger partial charge in [-0.3, -0.25) is 9.78 Å². The Morgan fingerprint density at radius 2 is 2.06 bits per heavy atom. The van der Waals surface area contributed by atoms with Crippen LogP contribution in [0.15, 0.2) is 15.8 Å². The van der Waals surface area contributed by atoms with Crippen molar-refractivity contribution in [3.8, 4) is 0 Å². The summed E-state index contributed by atoms with van der Waals surface area (Å²) in [7, 11) is 0. The summed E-state index contributed by atoms with van der Waals surface area (Å²) in [6, 6.07) is 0. The van der Waals surface area contributed by atoms with Crippen LogP contribution in [0.4, 0.5) is 0 Å². The Labute approximate surface area is 93.9 Å². The lowest BCUT2D eigenvalue weighted by Crippen LogP contribution is -2.49. The summed E-state index contributed by atoms with van der Waals surface area (Å²) in [6.45, 7) is 0. The van der Waals surface area contributed by atoms with E-state index in [0.717, 1.165) is 6.20 Å². The van der Waals surface area contributed by atoms with Gasteiger partial charge in [-0.05, 0) is 0 Å². The van der Waals surface area contributed by atoms with Crippen LogP contribution in [0.3, 0.4) is 0 Å². The van der Waals surface area contributed by atoms with Crippen molar-refractivity contribution in [2.75, 3.05) is 0 Å². The van der Waals surface area contributed by atoms with Crippen LogP contribution in [0.25, 0.3) is 0 Å². The first-order chi connectivity index (χ1) is 7.99. The third-order valence-electron chi connectivity index (χ3n) is 2.40. The molecule has 1 saturated heterocycles. The van der Waals surface area contributed by atoms with E-state index < -0.39 is 36.0 Å². The van der Waals surface area contributed by atoms with Crippen LogP contribution in [0, 0.1) is 0 Å². The van der Waals surface area contributed by atoms with E-state index >= 15 is 0 Å². The molecule has 1 aromatic heterocycles. The molecule has 0 amide bonds. The Morgan fingerprint density at radius 1 is 1.35 bits per heavy atom. The number of nitrogens with one attached hydrogen (secondary N) is 1. The number of aromatic amines is 1. The molecule has 94 valence electrons. The zero-order valence-electron chi connectivity index (χ0n) is 8.55. The number of rotatable bonds is 1. The summed E-state index contributed by atoms with van der Waals surface area (Å²) in [5.41, 5.74) is -1.55. The first-order valence-corrected chi connectivity index (χ1v) is 4.87. The van der Waals surface area contributed by atoms with Gasteiger partial charge in [-0.1, -0.05) is 0 Å². The monoisotopic (exact) mass is 245 g/mol. The van der Waals surface area contributed by atoms with Gasteiger partial charge in [0.2, 0.25) is 0 Å². The molecule has 0 aromatic carbocycles. The van der Waals surface area contributed by atoms with Crippen molar-refractivity contribution < 1.29 is 20.1 Å². The molecule has 1 aromatic rings. The van der Waals surface area contributed by atoms with Crippen LogP contribution >= 0.6 is 0 Å². The fourth-order valence-corrected chi connectivity index (χ4v) is 1.57. The summed E-state index contributed by atoms with van der Waals surface area (Å²) in [4.78, 5) is 24.1. The molecule has 17 heavy (non-hydrogen) atoms. The molecule has 4 atom stereocenters. The molecule has 0 aliphatic carbocycles. The van der Waals surface area contributed by atoms with Crippen molar-refractivity contribution in [2.45, 2.75) is 31.1 Å². The summed E-state index contributed by atoms with van der Waals surface area (Å²) >= 11 is 0. The topological polar surface area (TPSA) is 138 Å². The van der Waals surface area contributed by atoms with Gasteiger partial charge in [-0.25, -0.2) is 4.79 Å². The second-order valence-corrected chi connectivity index (χ2v) is 3.67. The maximum absolute atomic E-state index is 11.4. The van der Waals surface area contributed by atoms with Crippen LogP contribution in [0.5, 0.6) is 0 Å². The molecule has 0 saturated carbocycles. The number of hydrogen-bond acceptors (Lipinski definition) is 7. The largest absolute Gasteiger partial charge is 0.388 e. The van der Waals surface area contributed by atoms with E-state index in [1.807, 2.05) is 4.98 Å². The molecule has 2 heterocycles. The second-order valence-electron chi connectivity index (χ2n) is 3.67. The van der Waals surface area contributed by atoms with Gasteiger partial charge in [0, 0.05) is 6.42 Å². The standard InChI is InChI=1S/C8H11N3O6/c12-3-1-4(13)7(15)17-6(3)11-8(16)10-5(14)2-9-11/h2-4,6-7,12-13,15H,1H2,(H,10,14,16). The maximum Gasteiger partial charge on any atom is 0.347 e. The highest BCUT2D eigenvalue weighted by Crippen LogP contribution is 2.24. The zero-order valence-corrected chi connectivity index (χ0v) is 8.55. The Balaban J connectivity index is 2.33. The zero-order chi connectivity index (χ0) is 12.6. The minimum Gasteiger partial charge on any atom is -0.388 e. The Hall–Kier alpha value is -1.55. The van der Waals surface area contributed by atoms with Crippen molar-refractivity contribution in [2.24, 2.45) is 0 Å². The lowest BCUT2D eigenvalue weighted by Gasteiger charge is -2.34. The Morgan fingerprint density at radius 3 is 2.71 bits per heavy atom. The number of aromatic nitrogens is 3. The highest BCUT2D eigenvalue weighted by Gasteiger charge is 2.37. The molecule has 2 rings (SSSR count). The first kappa shape index (κ1) is 11.9. The van der Waals surface area contributed by atoms with Gasteiger partial charge in [-0.15, -0.1) is 0 Å². The molecule has 0 spiro atoms. The third-order valence-corrected chi connectivity index (χ3v) is 2.40. The summed E-state index contributed by atoms with van der Waals surface area (Å²) in [5.74, 6) is 0. The van der Waals surface area contributed by atoms with Crippen LogP contribution in [0.1, 0.15) is 12.6 Å². The maximum atomic E-state index is 11.4. The fourth-order valence-electron chi connectivity index (χ4n) is 1.57. The predicted octanol–water partition coefficient (Wildman–Crippen LogP) is -3.11. The van der Waals surface area contributed by atoms with Gasteiger partial charge < -0.3 is 20.1 Å². The summed E-state index contributed by atoms with van der Waals surface area (Å²) in [5, 5.41) is 31.6. The second kappa shape index (κ2) is 4.37. The lowest BCUT2D eigenvalue weighted by atomic mass is 10.1. The van der Waals surface area contributed by atoms with Crippen molar-refractivity contribution >= 4 is 0 Å². The molecule has 1 aliphatic rings. The average molecular weight is 245 g/mol. The van der Waals surface area contributed by atoms with Gasteiger partial charge in [0.25, 0.3) is 5.56 Å². The average Bonchev–Trinajstić information content (AvgIpc) is 2.24. The van der Waals surface area contributed by atoms with Crippen molar-refractivity contribution in [1.29, 1.82) is 0 Å².